The van der Waals surface area contributed by atoms with Crippen LogP contribution in [0.5, 0.6) is 0 Å². The Morgan fingerprint density at radius 2 is 2.00 bits per heavy atom. The number of alkyl halides is 3. The Kier molecular flexibility index (Phi) is 4.06. The molecule has 3 nitrogen and oxygen atoms in total. The van der Waals surface area contributed by atoms with Gasteiger partial charge in [0.1, 0.15) is 0 Å². The molecule has 100 valence electrons. The average Bonchev–Trinajstić information content (AvgIpc) is 2.98. The molecule has 0 saturated heterocycles. The second-order valence-electron chi connectivity index (χ2n) is 4.96. The predicted molar refractivity (Wildman–Crippen MR) is 58.2 cm³/mol. The van der Waals surface area contributed by atoms with E-state index in [1.165, 1.54) is 0 Å². The summed E-state index contributed by atoms with van der Waals surface area (Å²) in [5.41, 5.74) is 2.23. The number of nitrogens with one attached hydrogen (secondary N) is 1. The Hall–Kier alpha value is -0.780. The smallest absolute Gasteiger partial charge is 0.351 e. The largest absolute Gasteiger partial charge is 0.415 e. The summed E-state index contributed by atoms with van der Waals surface area (Å²) in [6, 6.07) is -0.208. The van der Waals surface area contributed by atoms with Crippen LogP contribution in [0, 0.1) is 5.92 Å². The minimum absolute atomic E-state index is 0.208. The van der Waals surface area contributed by atoms with E-state index >= 15 is 0 Å². The minimum atomic E-state index is -4.73. The van der Waals surface area contributed by atoms with E-state index in [0.717, 1.165) is 19.3 Å². The van der Waals surface area contributed by atoms with Crippen LogP contribution in [0.3, 0.4) is 0 Å². The van der Waals surface area contributed by atoms with Crippen LogP contribution in [0.2, 0.25) is 0 Å². The van der Waals surface area contributed by atoms with E-state index in [9.17, 15) is 18.0 Å². The Bertz CT molecular complexity index is 285. The van der Waals surface area contributed by atoms with Crippen molar-refractivity contribution in [3.63, 3.8) is 0 Å². The van der Waals surface area contributed by atoms with Gasteiger partial charge in [-0.05, 0) is 25.7 Å². The molecule has 6 heteroatoms. The molecule has 3 N–H and O–H groups in total. The maximum atomic E-state index is 12.5. The van der Waals surface area contributed by atoms with E-state index < -0.39 is 17.6 Å². The van der Waals surface area contributed by atoms with Gasteiger partial charge in [-0.15, -0.1) is 0 Å². The van der Waals surface area contributed by atoms with Gasteiger partial charge in [-0.3, -0.25) is 4.79 Å². The molecule has 0 spiro atoms. The monoisotopic (exact) mass is 252 g/mol. The molecule has 17 heavy (non-hydrogen) atoms. The first-order valence-corrected chi connectivity index (χ1v) is 5.85. The summed E-state index contributed by atoms with van der Waals surface area (Å²) in [5.74, 6) is -0.590. The lowest BCUT2D eigenvalue weighted by atomic mass is 10.00. The third-order valence-corrected chi connectivity index (χ3v) is 3.20. The zero-order valence-electron chi connectivity index (χ0n) is 10.1. The fraction of sp³-hybridized carbons (Fsp3) is 0.909. The number of halogens is 3. The molecule has 0 aromatic carbocycles. The summed E-state index contributed by atoms with van der Waals surface area (Å²) in [5, 5.41) is 2.40. The Morgan fingerprint density at radius 1 is 1.47 bits per heavy atom. The minimum Gasteiger partial charge on any atom is -0.351 e. The molecular formula is C11H19F3N2O. The molecule has 1 amide bonds. The standard InChI is InChI=1S/C11H19F3N2O/c1-3-8(6-7-4-5-7)16-9(17)10(2,15)11(12,13)14/h7-8H,3-6,15H2,1-2H3,(H,16,17). The molecular weight excluding hydrogens is 233 g/mol. The average molecular weight is 252 g/mol. The fourth-order valence-electron chi connectivity index (χ4n) is 1.55. The third kappa shape index (κ3) is 3.59. The van der Waals surface area contributed by atoms with Gasteiger partial charge in [-0.25, -0.2) is 0 Å². The zero-order valence-corrected chi connectivity index (χ0v) is 10.1. The lowest BCUT2D eigenvalue weighted by Gasteiger charge is -2.28. The Balaban J connectivity index is 2.56. The quantitative estimate of drug-likeness (QED) is 0.786. The maximum absolute atomic E-state index is 12.5. The van der Waals surface area contributed by atoms with E-state index in [2.05, 4.69) is 5.32 Å². The van der Waals surface area contributed by atoms with Gasteiger partial charge >= 0.3 is 6.18 Å². The zero-order chi connectivity index (χ0) is 13.3. The van der Waals surface area contributed by atoms with Gasteiger partial charge in [0.2, 0.25) is 5.91 Å². The lowest BCUT2D eigenvalue weighted by molar-refractivity contribution is -0.187. The van der Waals surface area contributed by atoms with Gasteiger partial charge in [0, 0.05) is 6.04 Å². The number of rotatable bonds is 5. The number of carbonyl (C=O) groups is 1. The van der Waals surface area contributed by atoms with Crippen LogP contribution >= 0.6 is 0 Å². The van der Waals surface area contributed by atoms with Gasteiger partial charge < -0.3 is 11.1 Å². The number of amides is 1. The van der Waals surface area contributed by atoms with Gasteiger partial charge in [-0.1, -0.05) is 19.8 Å². The molecule has 1 saturated carbocycles. The van der Waals surface area contributed by atoms with Gasteiger partial charge in [0.15, 0.2) is 5.54 Å². The van der Waals surface area contributed by atoms with Gasteiger partial charge in [0.05, 0.1) is 0 Å². The predicted octanol–water partition coefficient (Wildman–Crippen LogP) is 1.96. The van der Waals surface area contributed by atoms with Gasteiger partial charge in [0.25, 0.3) is 0 Å². The number of carbonyl (C=O) groups excluding carboxylic acids is 1. The summed E-state index contributed by atoms with van der Waals surface area (Å²) in [4.78, 5) is 11.5. The molecule has 0 bridgehead atoms. The van der Waals surface area contributed by atoms with E-state index in [4.69, 9.17) is 5.73 Å². The van der Waals surface area contributed by atoms with Crippen molar-refractivity contribution in [1.29, 1.82) is 0 Å². The number of hydrogen-bond donors (Lipinski definition) is 2. The van der Waals surface area contributed by atoms with Crippen molar-refractivity contribution in [1.82, 2.24) is 5.32 Å². The van der Waals surface area contributed by atoms with Crippen LogP contribution in [-0.2, 0) is 4.79 Å². The van der Waals surface area contributed by atoms with Crippen LogP contribution in [0.1, 0.15) is 39.5 Å². The van der Waals surface area contributed by atoms with Crippen LogP contribution in [-0.4, -0.2) is 23.7 Å². The summed E-state index contributed by atoms with van der Waals surface area (Å²) in [6.45, 7) is 2.54. The van der Waals surface area contributed by atoms with Crippen molar-refractivity contribution in [2.45, 2.75) is 57.3 Å². The first-order valence-electron chi connectivity index (χ1n) is 5.85. The van der Waals surface area contributed by atoms with E-state index in [1.54, 1.807) is 0 Å². The SMILES string of the molecule is CCC(CC1CC1)NC(=O)C(C)(N)C(F)(F)F. The van der Waals surface area contributed by atoms with Crippen LogP contribution in [0.25, 0.3) is 0 Å². The highest BCUT2D eigenvalue weighted by Gasteiger charge is 2.54. The number of hydrogen-bond acceptors (Lipinski definition) is 2. The van der Waals surface area contributed by atoms with Crippen molar-refractivity contribution in [3.8, 4) is 0 Å². The first kappa shape index (κ1) is 14.3. The fourth-order valence-corrected chi connectivity index (χ4v) is 1.55. The highest BCUT2D eigenvalue weighted by Crippen LogP contribution is 2.34. The molecule has 0 aliphatic heterocycles. The lowest BCUT2D eigenvalue weighted by Crippen LogP contribution is -2.62. The number of nitrogens with two attached hydrogens (primary N) is 1. The molecule has 0 radical (unpaired) electrons. The molecule has 0 aromatic rings. The Labute approximate surface area is 98.9 Å². The van der Waals surface area contributed by atoms with Crippen molar-refractivity contribution in [2.24, 2.45) is 11.7 Å². The topological polar surface area (TPSA) is 55.1 Å². The van der Waals surface area contributed by atoms with Crippen molar-refractivity contribution >= 4 is 5.91 Å². The van der Waals surface area contributed by atoms with E-state index in [1.807, 2.05) is 6.92 Å². The molecule has 0 aromatic heterocycles. The molecule has 0 heterocycles. The first-order chi connectivity index (χ1) is 7.68. The van der Waals surface area contributed by atoms with Gasteiger partial charge in [-0.2, -0.15) is 13.2 Å². The summed E-state index contributed by atoms with van der Waals surface area (Å²) >= 11 is 0. The molecule has 1 aliphatic carbocycles. The highest BCUT2D eigenvalue weighted by molar-refractivity contribution is 5.86. The van der Waals surface area contributed by atoms with Crippen LogP contribution in [0.4, 0.5) is 13.2 Å². The highest BCUT2D eigenvalue weighted by atomic mass is 19.4. The van der Waals surface area contributed by atoms with E-state index in [-0.39, 0.29) is 6.04 Å². The van der Waals surface area contributed by atoms with Crippen molar-refractivity contribution in [3.05, 3.63) is 0 Å². The summed E-state index contributed by atoms with van der Waals surface area (Å²) < 4.78 is 37.6. The second kappa shape index (κ2) is 4.84. The third-order valence-electron chi connectivity index (χ3n) is 3.20. The maximum Gasteiger partial charge on any atom is 0.415 e. The van der Waals surface area contributed by atoms with Crippen molar-refractivity contribution < 1.29 is 18.0 Å². The van der Waals surface area contributed by atoms with Crippen LogP contribution in [0.15, 0.2) is 0 Å². The van der Waals surface area contributed by atoms with Crippen molar-refractivity contribution in [2.75, 3.05) is 0 Å². The molecule has 2 unspecified atom stereocenters. The molecule has 1 aliphatic rings. The molecule has 1 fully saturated rings. The summed E-state index contributed by atoms with van der Waals surface area (Å²) in [6.07, 6.45) is -1.15. The molecule has 2 atom stereocenters. The second-order valence-corrected chi connectivity index (χ2v) is 4.96. The Morgan fingerprint density at radius 3 is 2.35 bits per heavy atom. The van der Waals surface area contributed by atoms with E-state index in [0.29, 0.717) is 19.3 Å². The normalized spacial score (nSPS) is 21.8. The molecule has 1 rings (SSSR count). The van der Waals surface area contributed by atoms with Crippen LogP contribution < -0.4 is 11.1 Å². The summed E-state index contributed by atoms with van der Waals surface area (Å²) in [7, 11) is 0.